The molecule has 0 unspecified atom stereocenters. The molecule has 3 N–H and O–H groups in total. The number of sulfonamides is 1. The largest absolute Gasteiger partial charge is 0.382 e. The number of aromatic nitrogens is 1. The van der Waals surface area contributed by atoms with E-state index in [1.165, 1.54) is 14.1 Å². The number of nitrogens with two attached hydrogens (primary N) is 1. The van der Waals surface area contributed by atoms with Crippen molar-refractivity contribution in [2.75, 3.05) is 25.1 Å². The Morgan fingerprint density at radius 1 is 1.50 bits per heavy atom. The Labute approximate surface area is 98.7 Å². The zero-order valence-electron chi connectivity index (χ0n) is 9.10. The van der Waals surface area contributed by atoms with E-state index in [0.717, 1.165) is 28.7 Å². The van der Waals surface area contributed by atoms with Gasteiger partial charge >= 0.3 is 0 Å². The summed E-state index contributed by atoms with van der Waals surface area (Å²) < 4.78 is 29.1. The summed E-state index contributed by atoms with van der Waals surface area (Å²) in [6.45, 7) is 0. The summed E-state index contributed by atoms with van der Waals surface area (Å²) >= 11 is 1.10. The van der Waals surface area contributed by atoms with E-state index in [9.17, 15) is 8.42 Å². The molecule has 0 radical (unpaired) electrons. The molecule has 0 bridgehead atoms. The number of nitrogen functional groups attached to an aromatic ring is 1. The Bertz CT molecular complexity index is 490. The van der Waals surface area contributed by atoms with Crippen LogP contribution in [0.1, 0.15) is 12.8 Å². The quantitative estimate of drug-likeness (QED) is 0.827. The fourth-order valence-corrected chi connectivity index (χ4v) is 3.37. The van der Waals surface area contributed by atoms with Gasteiger partial charge in [-0.2, -0.15) is 4.37 Å². The predicted octanol–water partition coefficient (Wildman–Crippen LogP) is 0.550. The standard InChI is InChI=1S/C8H14N4O2S2/c1-12(2)16(13,14)6-7(9)11-15-8(6)10-5-3-4-5/h5,10H,3-4H2,1-2H3,(H2,9,11). The summed E-state index contributed by atoms with van der Waals surface area (Å²) in [7, 11) is -0.560. The van der Waals surface area contributed by atoms with E-state index in [0.29, 0.717) is 11.0 Å². The van der Waals surface area contributed by atoms with Crippen LogP contribution >= 0.6 is 11.5 Å². The van der Waals surface area contributed by atoms with Crippen LogP contribution in [0.15, 0.2) is 4.90 Å². The molecule has 0 aromatic carbocycles. The van der Waals surface area contributed by atoms with Gasteiger partial charge in [0.2, 0.25) is 10.0 Å². The van der Waals surface area contributed by atoms with Crippen LogP contribution in [-0.4, -0.2) is 37.2 Å². The van der Waals surface area contributed by atoms with Gasteiger partial charge in [-0.25, -0.2) is 12.7 Å². The maximum atomic E-state index is 12.0. The number of hydrogen-bond acceptors (Lipinski definition) is 6. The van der Waals surface area contributed by atoms with Crippen molar-refractivity contribution in [1.29, 1.82) is 0 Å². The Kier molecular flexibility index (Phi) is 2.81. The zero-order chi connectivity index (χ0) is 11.9. The first-order chi connectivity index (χ1) is 7.43. The molecule has 0 saturated heterocycles. The van der Waals surface area contributed by atoms with Crippen LogP contribution in [0.4, 0.5) is 10.8 Å². The fourth-order valence-electron chi connectivity index (χ4n) is 1.23. The van der Waals surface area contributed by atoms with Gasteiger partial charge in [-0.05, 0) is 24.4 Å². The first kappa shape index (κ1) is 11.6. The topological polar surface area (TPSA) is 88.3 Å². The normalized spacial score (nSPS) is 16.7. The van der Waals surface area contributed by atoms with Crippen molar-refractivity contribution in [2.24, 2.45) is 0 Å². The number of nitrogens with one attached hydrogen (secondary N) is 1. The average molecular weight is 262 g/mol. The van der Waals surface area contributed by atoms with Crippen molar-refractivity contribution in [1.82, 2.24) is 8.68 Å². The molecule has 1 fully saturated rings. The minimum absolute atomic E-state index is 0.0712. The highest BCUT2D eigenvalue weighted by atomic mass is 32.2. The third kappa shape index (κ3) is 2.00. The van der Waals surface area contributed by atoms with Gasteiger partial charge in [-0.1, -0.05) is 0 Å². The van der Waals surface area contributed by atoms with Crippen LogP contribution < -0.4 is 11.1 Å². The molecule has 1 aromatic rings. The summed E-state index contributed by atoms with van der Waals surface area (Å²) in [5.41, 5.74) is 5.61. The summed E-state index contributed by atoms with van der Waals surface area (Å²) in [5, 5.41) is 3.69. The van der Waals surface area contributed by atoms with Gasteiger partial charge in [-0.15, -0.1) is 0 Å². The summed E-state index contributed by atoms with van der Waals surface area (Å²) in [6, 6.07) is 0.371. The molecular formula is C8H14N4O2S2. The van der Waals surface area contributed by atoms with Crippen molar-refractivity contribution in [3.63, 3.8) is 0 Å². The number of rotatable bonds is 4. The molecule has 2 rings (SSSR count). The van der Waals surface area contributed by atoms with Gasteiger partial charge in [-0.3, -0.25) is 0 Å². The molecule has 16 heavy (non-hydrogen) atoms. The first-order valence-electron chi connectivity index (χ1n) is 4.87. The number of anilines is 2. The van der Waals surface area contributed by atoms with Crippen molar-refractivity contribution >= 4 is 32.4 Å². The molecule has 1 saturated carbocycles. The van der Waals surface area contributed by atoms with Gasteiger partial charge in [0.05, 0.1) is 0 Å². The molecular weight excluding hydrogens is 248 g/mol. The molecule has 6 nitrogen and oxygen atoms in total. The maximum absolute atomic E-state index is 12.0. The Hall–Kier alpha value is -0.860. The molecule has 1 aromatic heterocycles. The molecule has 90 valence electrons. The van der Waals surface area contributed by atoms with E-state index in [4.69, 9.17) is 5.73 Å². The van der Waals surface area contributed by atoms with E-state index >= 15 is 0 Å². The molecule has 1 aliphatic carbocycles. The first-order valence-corrected chi connectivity index (χ1v) is 7.08. The number of nitrogens with zero attached hydrogens (tertiary/aromatic N) is 2. The third-order valence-electron chi connectivity index (χ3n) is 2.33. The molecule has 1 aliphatic rings. The van der Waals surface area contributed by atoms with E-state index in [2.05, 4.69) is 9.69 Å². The van der Waals surface area contributed by atoms with Crippen LogP contribution in [0.2, 0.25) is 0 Å². The second-order valence-electron chi connectivity index (χ2n) is 3.93. The highest BCUT2D eigenvalue weighted by Gasteiger charge is 2.30. The van der Waals surface area contributed by atoms with Crippen LogP contribution in [0.25, 0.3) is 0 Å². The monoisotopic (exact) mass is 262 g/mol. The lowest BCUT2D eigenvalue weighted by Crippen LogP contribution is -2.23. The highest BCUT2D eigenvalue weighted by Crippen LogP contribution is 2.36. The Morgan fingerprint density at radius 3 is 2.62 bits per heavy atom. The minimum atomic E-state index is -3.52. The van der Waals surface area contributed by atoms with Crippen LogP contribution in [0, 0.1) is 0 Å². The summed E-state index contributed by atoms with van der Waals surface area (Å²) in [5.74, 6) is 0.0712. The molecule has 0 aliphatic heterocycles. The third-order valence-corrected chi connectivity index (χ3v) is 5.14. The average Bonchev–Trinajstić information content (AvgIpc) is 2.90. The highest BCUT2D eigenvalue weighted by molar-refractivity contribution is 7.89. The maximum Gasteiger partial charge on any atom is 0.249 e. The lowest BCUT2D eigenvalue weighted by molar-refractivity contribution is 0.521. The smallest absolute Gasteiger partial charge is 0.249 e. The second kappa shape index (κ2) is 3.86. The van der Waals surface area contributed by atoms with Crippen LogP contribution in [-0.2, 0) is 10.0 Å². The molecule has 0 atom stereocenters. The zero-order valence-corrected chi connectivity index (χ0v) is 10.7. The second-order valence-corrected chi connectivity index (χ2v) is 6.79. The van der Waals surface area contributed by atoms with Gasteiger partial charge in [0, 0.05) is 20.1 Å². The molecule has 1 heterocycles. The Balaban J connectivity index is 2.41. The fraction of sp³-hybridized carbons (Fsp3) is 0.625. The van der Waals surface area contributed by atoms with Gasteiger partial charge in [0.1, 0.15) is 5.00 Å². The lowest BCUT2D eigenvalue weighted by Gasteiger charge is -2.12. The van der Waals surface area contributed by atoms with Gasteiger partial charge in [0.15, 0.2) is 10.7 Å². The van der Waals surface area contributed by atoms with E-state index in [1.807, 2.05) is 0 Å². The number of hydrogen-bond donors (Lipinski definition) is 2. The van der Waals surface area contributed by atoms with E-state index < -0.39 is 10.0 Å². The van der Waals surface area contributed by atoms with Crippen molar-refractivity contribution in [3.8, 4) is 0 Å². The van der Waals surface area contributed by atoms with E-state index in [1.54, 1.807) is 0 Å². The van der Waals surface area contributed by atoms with Crippen LogP contribution in [0.5, 0.6) is 0 Å². The molecule has 8 heteroatoms. The van der Waals surface area contributed by atoms with Gasteiger partial charge in [0.25, 0.3) is 0 Å². The van der Waals surface area contributed by atoms with E-state index in [-0.39, 0.29) is 10.7 Å². The van der Waals surface area contributed by atoms with Crippen molar-refractivity contribution in [3.05, 3.63) is 0 Å². The molecule has 0 spiro atoms. The van der Waals surface area contributed by atoms with Gasteiger partial charge < -0.3 is 11.1 Å². The molecule has 0 amide bonds. The summed E-state index contributed by atoms with van der Waals surface area (Å²) in [4.78, 5) is 0.106. The van der Waals surface area contributed by atoms with Crippen molar-refractivity contribution < 1.29 is 8.42 Å². The SMILES string of the molecule is CN(C)S(=O)(=O)c1c(N)nsc1NC1CC1. The summed E-state index contributed by atoms with van der Waals surface area (Å²) in [6.07, 6.45) is 2.14. The predicted molar refractivity (Wildman–Crippen MR) is 64.0 cm³/mol. The van der Waals surface area contributed by atoms with Crippen molar-refractivity contribution in [2.45, 2.75) is 23.8 Å². The minimum Gasteiger partial charge on any atom is -0.382 e. The lowest BCUT2D eigenvalue weighted by atomic mass is 10.6. The van der Waals surface area contributed by atoms with Crippen LogP contribution in [0.3, 0.4) is 0 Å². The Morgan fingerprint density at radius 2 is 2.12 bits per heavy atom.